The molecule has 0 amide bonds. The first-order valence-electron chi connectivity index (χ1n) is 5.59. The molecule has 1 saturated heterocycles. The number of hydrogen-bond acceptors (Lipinski definition) is 2. The quantitative estimate of drug-likeness (QED) is 0.721. The molecule has 1 rings (SSSR count). The predicted molar refractivity (Wildman–Crippen MR) is 55.7 cm³/mol. The molecule has 1 aliphatic heterocycles. The topological polar surface area (TPSA) is 23.5 Å². The highest BCUT2D eigenvalue weighted by molar-refractivity contribution is 4.72. The Morgan fingerprint density at radius 2 is 2.00 bits per heavy atom. The Hall–Kier alpha value is -0.0800. The van der Waals surface area contributed by atoms with E-state index in [4.69, 9.17) is 5.11 Å². The van der Waals surface area contributed by atoms with Crippen LogP contribution < -0.4 is 0 Å². The van der Waals surface area contributed by atoms with Crippen LogP contribution in [0, 0.1) is 11.8 Å². The van der Waals surface area contributed by atoms with E-state index in [0.29, 0.717) is 12.5 Å². The summed E-state index contributed by atoms with van der Waals surface area (Å²) in [6.07, 6.45) is 3.65. The van der Waals surface area contributed by atoms with E-state index in [0.717, 1.165) is 5.92 Å². The average molecular weight is 185 g/mol. The lowest BCUT2D eigenvalue weighted by Gasteiger charge is -2.32. The first-order valence-corrected chi connectivity index (χ1v) is 5.59. The van der Waals surface area contributed by atoms with Crippen LogP contribution in [0.2, 0.25) is 0 Å². The molecule has 0 aliphatic carbocycles. The number of nitrogens with zero attached hydrogens (tertiary/aromatic N) is 1. The Kier molecular flexibility index (Phi) is 4.74. The maximum absolute atomic E-state index is 8.99. The molecule has 13 heavy (non-hydrogen) atoms. The normalized spacial score (nSPS) is 23.3. The summed E-state index contributed by atoms with van der Waals surface area (Å²) in [6, 6.07) is 0. The predicted octanol–water partition coefficient (Wildman–Crippen LogP) is 1.74. The summed E-state index contributed by atoms with van der Waals surface area (Å²) >= 11 is 0. The van der Waals surface area contributed by atoms with Crippen molar-refractivity contribution in [3.63, 3.8) is 0 Å². The van der Waals surface area contributed by atoms with Crippen molar-refractivity contribution < 1.29 is 5.11 Å². The van der Waals surface area contributed by atoms with Crippen molar-refractivity contribution in [3.05, 3.63) is 0 Å². The molecule has 0 aromatic heterocycles. The van der Waals surface area contributed by atoms with Crippen molar-refractivity contribution in [2.45, 2.75) is 33.1 Å². The molecule has 2 nitrogen and oxygen atoms in total. The van der Waals surface area contributed by atoms with Crippen LogP contribution in [0.1, 0.15) is 33.1 Å². The van der Waals surface area contributed by atoms with Gasteiger partial charge in [-0.05, 0) is 37.8 Å². The molecular formula is C11H23NO. The van der Waals surface area contributed by atoms with Gasteiger partial charge in [0.05, 0.1) is 0 Å². The molecule has 1 fully saturated rings. The summed E-state index contributed by atoms with van der Waals surface area (Å²) in [7, 11) is 0. The second-order valence-electron chi connectivity index (χ2n) is 4.44. The van der Waals surface area contributed by atoms with Crippen LogP contribution in [-0.2, 0) is 0 Å². The van der Waals surface area contributed by atoms with Gasteiger partial charge in [0.25, 0.3) is 0 Å². The van der Waals surface area contributed by atoms with E-state index in [-0.39, 0.29) is 0 Å². The SMILES string of the molecule is CCC(C)CN1CCC(CO)CC1. The summed E-state index contributed by atoms with van der Waals surface area (Å²) in [5.74, 6) is 1.40. The molecule has 0 saturated carbocycles. The highest BCUT2D eigenvalue weighted by Crippen LogP contribution is 2.17. The van der Waals surface area contributed by atoms with E-state index in [2.05, 4.69) is 18.7 Å². The number of likely N-dealkylation sites (tertiary alicyclic amines) is 1. The first kappa shape index (κ1) is 11.0. The van der Waals surface area contributed by atoms with Crippen LogP contribution >= 0.6 is 0 Å². The average Bonchev–Trinajstić information content (AvgIpc) is 2.19. The minimum Gasteiger partial charge on any atom is -0.396 e. The van der Waals surface area contributed by atoms with Crippen molar-refractivity contribution in [2.24, 2.45) is 11.8 Å². The van der Waals surface area contributed by atoms with E-state index in [1.807, 2.05) is 0 Å². The Balaban J connectivity index is 2.17. The van der Waals surface area contributed by atoms with Gasteiger partial charge < -0.3 is 10.0 Å². The molecule has 1 unspecified atom stereocenters. The van der Waals surface area contributed by atoms with Gasteiger partial charge in [-0.3, -0.25) is 0 Å². The molecular weight excluding hydrogens is 162 g/mol. The Morgan fingerprint density at radius 3 is 2.46 bits per heavy atom. The Labute approximate surface area is 81.9 Å². The van der Waals surface area contributed by atoms with Gasteiger partial charge in [-0.2, -0.15) is 0 Å². The lowest BCUT2D eigenvalue weighted by molar-refractivity contribution is 0.121. The van der Waals surface area contributed by atoms with Crippen molar-refractivity contribution in [3.8, 4) is 0 Å². The number of rotatable bonds is 4. The number of hydrogen-bond donors (Lipinski definition) is 1. The lowest BCUT2D eigenvalue weighted by atomic mass is 9.97. The fraction of sp³-hybridized carbons (Fsp3) is 1.00. The molecule has 78 valence electrons. The molecule has 0 bridgehead atoms. The van der Waals surface area contributed by atoms with Crippen molar-refractivity contribution >= 4 is 0 Å². The number of piperidine rings is 1. The molecule has 1 heterocycles. The molecule has 0 radical (unpaired) electrons. The zero-order valence-electron chi connectivity index (χ0n) is 9.00. The van der Waals surface area contributed by atoms with Crippen LogP contribution in [0.4, 0.5) is 0 Å². The van der Waals surface area contributed by atoms with Crippen LogP contribution in [-0.4, -0.2) is 36.2 Å². The Bertz CT molecular complexity index is 130. The summed E-state index contributed by atoms with van der Waals surface area (Å²) in [5, 5.41) is 8.99. The lowest BCUT2D eigenvalue weighted by Crippen LogP contribution is -2.37. The second-order valence-corrected chi connectivity index (χ2v) is 4.44. The van der Waals surface area contributed by atoms with Gasteiger partial charge in [0, 0.05) is 13.2 Å². The fourth-order valence-electron chi connectivity index (χ4n) is 1.92. The first-order chi connectivity index (χ1) is 6.26. The summed E-state index contributed by atoms with van der Waals surface area (Å²) in [5.41, 5.74) is 0. The summed E-state index contributed by atoms with van der Waals surface area (Å²) in [6.45, 7) is 8.58. The summed E-state index contributed by atoms with van der Waals surface area (Å²) < 4.78 is 0. The molecule has 0 spiro atoms. The minimum absolute atomic E-state index is 0.386. The standard InChI is InChI=1S/C11H23NO/c1-3-10(2)8-12-6-4-11(9-13)5-7-12/h10-11,13H,3-9H2,1-2H3. The molecule has 1 atom stereocenters. The molecule has 1 aliphatic rings. The van der Waals surface area contributed by atoms with Crippen LogP contribution in [0.25, 0.3) is 0 Å². The molecule has 0 aromatic rings. The van der Waals surface area contributed by atoms with E-state index < -0.39 is 0 Å². The molecule has 0 aromatic carbocycles. The van der Waals surface area contributed by atoms with Crippen LogP contribution in [0.15, 0.2) is 0 Å². The van der Waals surface area contributed by atoms with E-state index >= 15 is 0 Å². The van der Waals surface area contributed by atoms with Gasteiger partial charge in [-0.15, -0.1) is 0 Å². The third kappa shape index (κ3) is 3.65. The maximum atomic E-state index is 8.99. The van der Waals surface area contributed by atoms with Gasteiger partial charge in [0.1, 0.15) is 0 Å². The van der Waals surface area contributed by atoms with E-state index in [9.17, 15) is 0 Å². The third-order valence-corrected chi connectivity index (χ3v) is 3.23. The highest BCUT2D eigenvalue weighted by atomic mass is 16.3. The van der Waals surface area contributed by atoms with Crippen molar-refractivity contribution in [1.82, 2.24) is 4.90 Å². The van der Waals surface area contributed by atoms with Crippen LogP contribution in [0.3, 0.4) is 0 Å². The van der Waals surface area contributed by atoms with Crippen molar-refractivity contribution in [1.29, 1.82) is 0 Å². The van der Waals surface area contributed by atoms with Crippen molar-refractivity contribution in [2.75, 3.05) is 26.2 Å². The van der Waals surface area contributed by atoms with Crippen LogP contribution in [0.5, 0.6) is 0 Å². The summed E-state index contributed by atoms with van der Waals surface area (Å²) in [4.78, 5) is 2.54. The highest BCUT2D eigenvalue weighted by Gasteiger charge is 2.18. The monoisotopic (exact) mass is 185 g/mol. The fourth-order valence-corrected chi connectivity index (χ4v) is 1.92. The minimum atomic E-state index is 0.386. The van der Waals surface area contributed by atoms with Gasteiger partial charge in [-0.1, -0.05) is 20.3 Å². The number of aliphatic hydroxyl groups is 1. The maximum Gasteiger partial charge on any atom is 0.0460 e. The van der Waals surface area contributed by atoms with E-state index in [1.54, 1.807) is 0 Å². The molecule has 2 heteroatoms. The van der Waals surface area contributed by atoms with Gasteiger partial charge in [0.15, 0.2) is 0 Å². The largest absolute Gasteiger partial charge is 0.396 e. The van der Waals surface area contributed by atoms with Gasteiger partial charge in [-0.25, -0.2) is 0 Å². The number of aliphatic hydroxyl groups excluding tert-OH is 1. The van der Waals surface area contributed by atoms with Gasteiger partial charge in [0.2, 0.25) is 0 Å². The zero-order valence-corrected chi connectivity index (χ0v) is 9.00. The smallest absolute Gasteiger partial charge is 0.0460 e. The third-order valence-electron chi connectivity index (χ3n) is 3.23. The van der Waals surface area contributed by atoms with E-state index in [1.165, 1.54) is 38.9 Å². The second kappa shape index (κ2) is 5.61. The zero-order chi connectivity index (χ0) is 9.68. The Morgan fingerprint density at radius 1 is 1.38 bits per heavy atom. The van der Waals surface area contributed by atoms with Gasteiger partial charge >= 0.3 is 0 Å². The molecule has 1 N–H and O–H groups in total.